The van der Waals surface area contributed by atoms with E-state index in [1.165, 1.54) is 5.56 Å². The van der Waals surface area contributed by atoms with E-state index in [-0.39, 0.29) is 6.10 Å². The SMILES string of the molecule is CCCC(O)c1ccccc1C(C)C. The molecule has 1 atom stereocenters. The van der Waals surface area contributed by atoms with Gasteiger partial charge in [-0.3, -0.25) is 0 Å². The van der Waals surface area contributed by atoms with Gasteiger partial charge in [0.05, 0.1) is 6.10 Å². The Kier molecular flexibility index (Phi) is 4.15. The molecule has 0 radical (unpaired) electrons. The van der Waals surface area contributed by atoms with Crippen molar-refractivity contribution in [1.29, 1.82) is 0 Å². The fourth-order valence-electron chi connectivity index (χ4n) is 1.77. The third-order valence-electron chi connectivity index (χ3n) is 2.54. The molecule has 78 valence electrons. The van der Waals surface area contributed by atoms with Crippen LogP contribution in [-0.4, -0.2) is 5.11 Å². The van der Waals surface area contributed by atoms with Crippen molar-refractivity contribution >= 4 is 0 Å². The van der Waals surface area contributed by atoms with Gasteiger partial charge >= 0.3 is 0 Å². The van der Waals surface area contributed by atoms with Crippen LogP contribution in [0.2, 0.25) is 0 Å². The minimum absolute atomic E-state index is 0.293. The van der Waals surface area contributed by atoms with E-state index in [1.807, 2.05) is 18.2 Å². The van der Waals surface area contributed by atoms with Crippen LogP contribution < -0.4 is 0 Å². The molecule has 0 aliphatic carbocycles. The zero-order valence-electron chi connectivity index (χ0n) is 9.33. The van der Waals surface area contributed by atoms with Crippen molar-refractivity contribution in [3.05, 3.63) is 35.4 Å². The summed E-state index contributed by atoms with van der Waals surface area (Å²) in [6.45, 7) is 6.43. The summed E-state index contributed by atoms with van der Waals surface area (Å²) in [6.07, 6.45) is 1.58. The molecule has 1 heteroatoms. The van der Waals surface area contributed by atoms with E-state index in [0.29, 0.717) is 5.92 Å². The van der Waals surface area contributed by atoms with Gasteiger partial charge in [-0.2, -0.15) is 0 Å². The predicted molar refractivity (Wildman–Crippen MR) is 60.4 cm³/mol. The first-order chi connectivity index (χ1) is 6.66. The lowest BCUT2D eigenvalue weighted by atomic mass is 9.92. The third kappa shape index (κ3) is 2.58. The van der Waals surface area contributed by atoms with Crippen molar-refractivity contribution in [2.24, 2.45) is 0 Å². The highest BCUT2D eigenvalue weighted by atomic mass is 16.3. The standard InChI is InChI=1S/C13H20O/c1-4-7-13(14)12-9-6-5-8-11(12)10(2)3/h5-6,8-10,13-14H,4,7H2,1-3H3. The van der Waals surface area contributed by atoms with E-state index < -0.39 is 0 Å². The number of hydrogen-bond acceptors (Lipinski definition) is 1. The number of aliphatic hydroxyl groups excluding tert-OH is 1. The molecule has 1 N–H and O–H groups in total. The molecule has 0 spiro atoms. The highest BCUT2D eigenvalue weighted by molar-refractivity contribution is 5.31. The van der Waals surface area contributed by atoms with Gasteiger partial charge in [0, 0.05) is 0 Å². The summed E-state index contributed by atoms with van der Waals surface area (Å²) in [4.78, 5) is 0. The van der Waals surface area contributed by atoms with Crippen molar-refractivity contribution in [1.82, 2.24) is 0 Å². The quantitative estimate of drug-likeness (QED) is 0.772. The molecular weight excluding hydrogens is 172 g/mol. The van der Waals surface area contributed by atoms with E-state index in [2.05, 4.69) is 26.8 Å². The molecule has 1 aromatic rings. The smallest absolute Gasteiger partial charge is 0.0792 e. The van der Waals surface area contributed by atoms with E-state index in [9.17, 15) is 5.11 Å². The predicted octanol–water partition coefficient (Wildman–Crippen LogP) is 3.64. The van der Waals surface area contributed by atoms with E-state index in [0.717, 1.165) is 18.4 Å². The van der Waals surface area contributed by atoms with Gasteiger partial charge < -0.3 is 5.11 Å². The molecule has 0 aliphatic heterocycles. The molecule has 1 aromatic carbocycles. The second-order valence-electron chi connectivity index (χ2n) is 4.09. The monoisotopic (exact) mass is 192 g/mol. The maximum Gasteiger partial charge on any atom is 0.0792 e. The van der Waals surface area contributed by atoms with Gasteiger partial charge in [0.2, 0.25) is 0 Å². The Morgan fingerprint density at radius 2 is 1.71 bits per heavy atom. The van der Waals surface area contributed by atoms with Crippen molar-refractivity contribution in [2.45, 2.75) is 45.6 Å². The molecule has 1 rings (SSSR count). The van der Waals surface area contributed by atoms with Crippen molar-refractivity contribution in [2.75, 3.05) is 0 Å². The molecule has 0 aliphatic rings. The molecule has 0 aromatic heterocycles. The fourth-order valence-corrected chi connectivity index (χ4v) is 1.77. The van der Waals surface area contributed by atoms with Crippen LogP contribution >= 0.6 is 0 Å². The number of rotatable bonds is 4. The minimum atomic E-state index is -0.293. The van der Waals surface area contributed by atoms with Crippen LogP contribution in [0.25, 0.3) is 0 Å². The molecular formula is C13H20O. The molecule has 0 fully saturated rings. The Hall–Kier alpha value is -0.820. The van der Waals surface area contributed by atoms with Gasteiger partial charge in [0.25, 0.3) is 0 Å². The van der Waals surface area contributed by atoms with E-state index >= 15 is 0 Å². The Balaban J connectivity index is 2.94. The summed E-state index contributed by atoms with van der Waals surface area (Å²) in [7, 11) is 0. The molecule has 0 saturated heterocycles. The summed E-state index contributed by atoms with van der Waals surface area (Å²) < 4.78 is 0. The van der Waals surface area contributed by atoms with Crippen molar-refractivity contribution in [3.63, 3.8) is 0 Å². The number of hydrogen-bond donors (Lipinski definition) is 1. The van der Waals surface area contributed by atoms with Gasteiger partial charge in [-0.25, -0.2) is 0 Å². The van der Waals surface area contributed by atoms with E-state index in [1.54, 1.807) is 0 Å². The average molecular weight is 192 g/mol. The Morgan fingerprint density at radius 1 is 1.14 bits per heavy atom. The molecule has 1 unspecified atom stereocenters. The average Bonchev–Trinajstić information content (AvgIpc) is 2.18. The van der Waals surface area contributed by atoms with Gasteiger partial charge in [-0.1, -0.05) is 51.5 Å². The zero-order chi connectivity index (χ0) is 10.6. The lowest BCUT2D eigenvalue weighted by molar-refractivity contribution is 0.165. The summed E-state index contributed by atoms with van der Waals surface area (Å²) in [6, 6.07) is 8.19. The molecule has 1 nitrogen and oxygen atoms in total. The van der Waals surface area contributed by atoms with Gasteiger partial charge in [-0.05, 0) is 23.5 Å². The topological polar surface area (TPSA) is 20.2 Å². The first-order valence-corrected chi connectivity index (χ1v) is 5.43. The zero-order valence-corrected chi connectivity index (χ0v) is 9.33. The van der Waals surface area contributed by atoms with Gasteiger partial charge in [-0.15, -0.1) is 0 Å². The van der Waals surface area contributed by atoms with Crippen LogP contribution in [0.15, 0.2) is 24.3 Å². The largest absolute Gasteiger partial charge is 0.388 e. The summed E-state index contributed by atoms with van der Waals surface area (Å²) in [5, 5.41) is 9.95. The maximum atomic E-state index is 9.95. The second-order valence-corrected chi connectivity index (χ2v) is 4.09. The van der Waals surface area contributed by atoms with Gasteiger partial charge in [0.15, 0.2) is 0 Å². The number of aliphatic hydroxyl groups is 1. The lowest BCUT2D eigenvalue weighted by Gasteiger charge is -2.17. The molecule has 0 bridgehead atoms. The van der Waals surface area contributed by atoms with Crippen LogP contribution in [0, 0.1) is 0 Å². The Bertz CT molecular complexity index is 278. The molecule has 0 amide bonds. The Labute approximate surface area is 86.8 Å². The second kappa shape index (κ2) is 5.16. The van der Waals surface area contributed by atoms with Crippen molar-refractivity contribution < 1.29 is 5.11 Å². The van der Waals surface area contributed by atoms with Crippen LogP contribution in [0.5, 0.6) is 0 Å². The molecule has 0 saturated carbocycles. The van der Waals surface area contributed by atoms with Crippen LogP contribution in [-0.2, 0) is 0 Å². The first kappa shape index (κ1) is 11.3. The van der Waals surface area contributed by atoms with Crippen LogP contribution in [0.1, 0.15) is 56.8 Å². The normalized spacial score (nSPS) is 13.2. The fraction of sp³-hybridized carbons (Fsp3) is 0.538. The highest BCUT2D eigenvalue weighted by Gasteiger charge is 2.12. The summed E-state index contributed by atoms with van der Waals surface area (Å²) in [5.41, 5.74) is 2.37. The third-order valence-corrected chi connectivity index (χ3v) is 2.54. The molecule has 0 heterocycles. The maximum absolute atomic E-state index is 9.95. The van der Waals surface area contributed by atoms with Crippen LogP contribution in [0.4, 0.5) is 0 Å². The lowest BCUT2D eigenvalue weighted by Crippen LogP contribution is -2.02. The minimum Gasteiger partial charge on any atom is -0.388 e. The van der Waals surface area contributed by atoms with Gasteiger partial charge in [0.1, 0.15) is 0 Å². The molecule has 14 heavy (non-hydrogen) atoms. The Morgan fingerprint density at radius 3 is 2.21 bits per heavy atom. The van der Waals surface area contributed by atoms with Crippen LogP contribution in [0.3, 0.4) is 0 Å². The van der Waals surface area contributed by atoms with E-state index in [4.69, 9.17) is 0 Å². The summed E-state index contributed by atoms with van der Waals surface area (Å²) in [5.74, 6) is 0.484. The summed E-state index contributed by atoms with van der Waals surface area (Å²) >= 11 is 0. The number of benzene rings is 1. The first-order valence-electron chi connectivity index (χ1n) is 5.43. The highest BCUT2D eigenvalue weighted by Crippen LogP contribution is 2.27. The van der Waals surface area contributed by atoms with Crippen molar-refractivity contribution in [3.8, 4) is 0 Å².